The maximum atomic E-state index is 9.88. The predicted molar refractivity (Wildman–Crippen MR) is 94.2 cm³/mol. The first-order valence-electron chi connectivity index (χ1n) is 7.55. The van der Waals surface area contributed by atoms with Crippen LogP contribution in [0.3, 0.4) is 0 Å². The Morgan fingerprint density at radius 3 is 1.33 bits per heavy atom. The van der Waals surface area contributed by atoms with Crippen molar-refractivity contribution in [2.45, 2.75) is 25.4 Å². The minimum atomic E-state index is -1.01. The van der Waals surface area contributed by atoms with Gasteiger partial charge in [0.2, 0.25) is 0 Å². The van der Waals surface area contributed by atoms with E-state index in [1.807, 2.05) is 24.3 Å². The van der Waals surface area contributed by atoms with Crippen LogP contribution in [0.5, 0.6) is 0 Å². The quantitative estimate of drug-likeness (QED) is 0.709. The summed E-state index contributed by atoms with van der Waals surface area (Å²) in [6.07, 6.45) is -2.02. The lowest BCUT2D eigenvalue weighted by Crippen LogP contribution is -2.34. The van der Waals surface area contributed by atoms with Crippen molar-refractivity contribution in [1.29, 1.82) is 0 Å². The van der Waals surface area contributed by atoms with Gasteiger partial charge in [0.05, 0.1) is 26.4 Å². The van der Waals surface area contributed by atoms with E-state index in [4.69, 9.17) is 32.7 Å². The van der Waals surface area contributed by atoms with Crippen molar-refractivity contribution in [2.75, 3.05) is 13.2 Å². The highest BCUT2D eigenvalue weighted by Gasteiger charge is 2.16. The molecule has 0 unspecified atom stereocenters. The molecule has 0 aliphatic rings. The van der Waals surface area contributed by atoms with Gasteiger partial charge in [0.25, 0.3) is 0 Å². The number of hydrogen-bond acceptors (Lipinski definition) is 4. The number of rotatable bonds is 9. The molecule has 0 aliphatic heterocycles. The van der Waals surface area contributed by atoms with E-state index in [1.54, 1.807) is 24.3 Å². The van der Waals surface area contributed by atoms with Crippen LogP contribution in [0.1, 0.15) is 11.1 Å². The van der Waals surface area contributed by atoms with Gasteiger partial charge in [-0.05, 0) is 35.4 Å². The van der Waals surface area contributed by atoms with Crippen molar-refractivity contribution in [1.82, 2.24) is 0 Å². The normalized spacial score (nSPS) is 13.7. The first kappa shape index (κ1) is 19.2. The van der Waals surface area contributed by atoms with Crippen molar-refractivity contribution in [3.8, 4) is 0 Å². The molecule has 2 aromatic carbocycles. The molecule has 6 heteroatoms. The van der Waals surface area contributed by atoms with Crippen LogP contribution in [0.2, 0.25) is 10.0 Å². The van der Waals surface area contributed by atoms with E-state index < -0.39 is 12.2 Å². The molecule has 2 aromatic rings. The zero-order chi connectivity index (χ0) is 17.4. The van der Waals surface area contributed by atoms with Crippen LogP contribution in [0.25, 0.3) is 0 Å². The van der Waals surface area contributed by atoms with E-state index in [9.17, 15) is 10.2 Å². The molecule has 2 N–H and O–H groups in total. The van der Waals surface area contributed by atoms with Gasteiger partial charge < -0.3 is 19.7 Å². The van der Waals surface area contributed by atoms with Gasteiger partial charge in [-0.1, -0.05) is 47.5 Å². The smallest absolute Gasteiger partial charge is 0.105 e. The van der Waals surface area contributed by atoms with Gasteiger partial charge in [-0.3, -0.25) is 0 Å². The van der Waals surface area contributed by atoms with Gasteiger partial charge in [0.15, 0.2) is 0 Å². The zero-order valence-corrected chi connectivity index (χ0v) is 14.6. The molecule has 0 amide bonds. The number of benzene rings is 2. The van der Waals surface area contributed by atoms with Crippen molar-refractivity contribution < 1.29 is 19.7 Å². The Hall–Kier alpha value is -1.14. The molecule has 0 bridgehead atoms. The molecule has 0 fully saturated rings. The van der Waals surface area contributed by atoms with E-state index in [1.165, 1.54) is 0 Å². The summed E-state index contributed by atoms with van der Waals surface area (Å²) in [7, 11) is 0. The van der Waals surface area contributed by atoms with Gasteiger partial charge >= 0.3 is 0 Å². The van der Waals surface area contributed by atoms with E-state index >= 15 is 0 Å². The lowest BCUT2D eigenvalue weighted by molar-refractivity contribution is -0.0758. The second kappa shape index (κ2) is 9.99. The van der Waals surface area contributed by atoms with Crippen LogP contribution in [-0.4, -0.2) is 35.6 Å². The third-order valence-corrected chi connectivity index (χ3v) is 3.89. The minimum Gasteiger partial charge on any atom is -0.388 e. The van der Waals surface area contributed by atoms with Crippen molar-refractivity contribution >= 4 is 23.2 Å². The Morgan fingerprint density at radius 2 is 1.00 bits per heavy atom. The fourth-order valence-electron chi connectivity index (χ4n) is 1.98. The maximum absolute atomic E-state index is 9.88. The zero-order valence-electron chi connectivity index (χ0n) is 13.1. The van der Waals surface area contributed by atoms with Gasteiger partial charge in [-0.25, -0.2) is 0 Å². The van der Waals surface area contributed by atoms with E-state index in [2.05, 4.69) is 0 Å². The second-order valence-corrected chi connectivity index (χ2v) is 6.29. The Morgan fingerprint density at radius 1 is 0.667 bits per heavy atom. The third kappa shape index (κ3) is 6.77. The van der Waals surface area contributed by atoms with Crippen LogP contribution in [0.15, 0.2) is 48.5 Å². The fraction of sp³-hybridized carbons (Fsp3) is 0.333. The summed E-state index contributed by atoms with van der Waals surface area (Å²) in [5.41, 5.74) is 1.89. The van der Waals surface area contributed by atoms with Gasteiger partial charge in [-0.2, -0.15) is 0 Å². The van der Waals surface area contributed by atoms with Crippen LogP contribution in [0.4, 0.5) is 0 Å². The third-order valence-electron chi connectivity index (χ3n) is 3.39. The predicted octanol–water partition coefficient (Wildman–Crippen LogP) is 3.45. The molecule has 0 saturated carbocycles. The molecule has 24 heavy (non-hydrogen) atoms. The summed E-state index contributed by atoms with van der Waals surface area (Å²) < 4.78 is 10.8. The summed E-state index contributed by atoms with van der Waals surface area (Å²) in [6, 6.07) is 14.5. The number of ether oxygens (including phenoxy) is 2. The van der Waals surface area contributed by atoms with Crippen molar-refractivity contribution in [3.05, 3.63) is 69.7 Å². The summed E-state index contributed by atoms with van der Waals surface area (Å²) in [4.78, 5) is 0. The van der Waals surface area contributed by atoms with Gasteiger partial charge in [0, 0.05) is 10.0 Å². The first-order valence-corrected chi connectivity index (χ1v) is 8.30. The SMILES string of the molecule is O[C@H](COCc1ccc(Cl)cc1)[C@H](O)COCc1ccc(Cl)cc1. The molecule has 0 aliphatic carbocycles. The van der Waals surface area contributed by atoms with Gasteiger partial charge in [0.1, 0.15) is 12.2 Å². The Labute approximate surface area is 151 Å². The van der Waals surface area contributed by atoms with Gasteiger partial charge in [-0.15, -0.1) is 0 Å². The molecule has 130 valence electrons. The maximum Gasteiger partial charge on any atom is 0.105 e. The second-order valence-electron chi connectivity index (χ2n) is 5.42. The van der Waals surface area contributed by atoms with Crippen molar-refractivity contribution in [3.63, 3.8) is 0 Å². The Balaban J connectivity index is 1.63. The summed E-state index contributed by atoms with van der Waals surface area (Å²) in [5.74, 6) is 0. The fourth-order valence-corrected chi connectivity index (χ4v) is 2.23. The standard InChI is InChI=1S/C18H20Cl2O4/c19-15-5-1-13(2-6-15)9-23-11-17(21)18(22)12-24-10-14-3-7-16(20)8-4-14/h1-8,17-18,21-22H,9-12H2/t17-,18-/m1/s1. The largest absolute Gasteiger partial charge is 0.388 e. The van der Waals surface area contributed by atoms with E-state index in [0.717, 1.165) is 11.1 Å². The van der Waals surface area contributed by atoms with E-state index in [0.29, 0.717) is 23.3 Å². The summed E-state index contributed by atoms with van der Waals surface area (Å²) in [6.45, 7) is 0.724. The van der Waals surface area contributed by atoms with E-state index in [-0.39, 0.29) is 13.2 Å². The molecular weight excluding hydrogens is 351 g/mol. The van der Waals surface area contributed by atoms with Crippen LogP contribution < -0.4 is 0 Å². The average Bonchev–Trinajstić information content (AvgIpc) is 2.58. The molecule has 2 atom stereocenters. The topological polar surface area (TPSA) is 58.9 Å². The minimum absolute atomic E-state index is 0.0219. The molecule has 0 heterocycles. The summed E-state index contributed by atoms with van der Waals surface area (Å²) >= 11 is 11.6. The Kier molecular flexibility index (Phi) is 7.99. The lowest BCUT2D eigenvalue weighted by Gasteiger charge is -2.18. The van der Waals surface area contributed by atoms with Crippen molar-refractivity contribution in [2.24, 2.45) is 0 Å². The number of hydrogen-bond donors (Lipinski definition) is 2. The highest BCUT2D eigenvalue weighted by molar-refractivity contribution is 6.30. The first-order chi connectivity index (χ1) is 11.5. The lowest BCUT2D eigenvalue weighted by atomic mass is 10.2. The molecular formula is C18H20Cl2O4. The number of aliphatic hydroxyl groups is 2. The molecule has 0 spiro atoms. The Bertz CT molecular complexity index is 546. The number of halogens is 2. The monoisotopic (exact) mass is 370 g/mol. The summed E-state index contributed by atoms with van der Waals surface area (Å²) in [5, 5.41) is 21.1. The van der Waals surface area contributed by atoms with Crippen LogP contribution >= 0.6 is 23.2 Å². The highest BCUT2D eigenvalue weighted by atomic mass is 35.5. The van der Waals surface area contributed by atoms with Crippen LogP contribution in [-0.2, 0) is 22.7 Å². The molecule has 0 saturated heterocycles. The molecule has 4 nitrogen and oxygen atoms in total. The number of aliphatic hydroxyl groups excluding tert-OH is 2. The molecule has 0 radical (unpaired) electrons. The molecule has 0 aromatic heterocycles. The average molecular weight is 371 g/mol. The van der Waals surface area contributed by atoms with Crippen LogP contribution in [0, 0.1) is 0 Å². The highest BCUT2D eigenvalue weighted by Crippen LogP contribution is 2.12. The molecule has 2 rings (SSSR count).